The van der Waals surface area contributed by atoms with Gasteiger partial charge in [-0.15, -0.1) is 0 Å². The van der Waals surface area contributed by atoms with Crippen LogP contribution in [0, 0.1) is 20.2 Å². The Morgan fingerprint density at radius 1 is 0.739 bits per heavy atom. The Labute approximate surface area is 262 Å². The second-order valence-electron chi connectivity index (χ2n) is 10.2. The van der Waals surface area contributed by atoms with E-state index in [-0.39, 0.29) is 17.9 Å². The Bertz CT molecular complexity index is 1980. The predicted molar refractivity (Wildman–Crippen MR) is 173 cm³/mol. The lowest BCUT2D eigenvalue weighted by Crippen LogP contribution is -2.01. The number of alkyl halides is 2. The molecule has 3 N–H and O–H groups in total. The molecule has 0 amide bonds. The van der Waals surface area contributed by atoms with Crippen LogP contribution in [0.2, 0.25) is 0 Å². The van der Waals surface area contributed by atoms with Gasteiger partial charge in [-0.1, -0.05) is 20.8 Å². The molecule has 0 aliphatic rings. The van der Waals surface area contributed by atoms with Crippen molar-refractivity contribution in [3.8, 4) is 0 Å². The number of non-ortho nitro benzene ring substituents is 2. The molecule has 3 aromatic carbocycles. The van der Waals surface area contributed by atoms with Crippen LogP contribution in [0.1, 0.15) is 37.9 Å². The Kier molecular flexibility index (Phi) is 10.9. The molecular formula is C31H35F2N9O4. The summed E-state index contributed by atoms with van der Waals surface area (Å²) in [6, 6.07) is 14.8. The number of hydrogen-bond donors (Lipinski definition) is 2. The fraction of sp³-hybridized carbons (Fsp3) is 0.323. The van der Waals surface area contributed by atoms with Gasteiger partial charge in [-0.25, -0.2) is 8.78 Å². The molecule has 0 aliphatic heterocycles. The quantitative estimate of drug-likeness (QED) is 0.101. The number of anilines is 1. The van der Waals surface area contributed by atoms with Crippen molar-refractivity contribution < 1.29 is 18.6 Å². The van der Waals surface area contributed by atoms with E-state index in [1.807, 2.05) is 39.0 Å². The highest BCUT2D eigenvalue weighted by atomic mass is 19.1. The zero-order valence-electron chi connectivity index (χ0n) is 25.7. The summed E-state index contributed by atoms with van der Waals surface area (Å²) >= 11 is 0. The molecule has 0 aliphatic carbocycles. The standard InChI is InChI=1S/C11H12FN3O2.C11H14FN3.C9H9N3O2/c1-2-10-9-7-8(15(16)17)3-4-11(9)14(13-10)6-5-12;1-2-10-9-7-8(13)3-4-11(9)15(14-10)6-5-12;1-2-8-7-5-6(12(13)14)3-4-9(7)11-10-8/h3-4,7H,2,5-6H2,1H3;3-4,7H,2,5-6,13H2,1H3;3-5H,2H2,1H3,(H,10,11). The number of halogens is 2. The first-order valence-corrected chi connectivity index (χ1v) is 14.8. The molecule has 6 aromatic rings. The molecule has 242 valence electrons. The molecule has 15 heteroatoms. The van der Waals surface area contributed by atoms with Crippen molar-refractivity contribution in [1.82, 2.24) is 29.8 Å². The van der Waals surface area contributed by atoms with Gasteiger partial charge in [-0.05, 0) is 49.6 Å². The van der Waals surface area contributed by atoms with Crippen LogP contribution < -0.4 is 5.73 Å². The van der Waals surface area contributed by atoms with Gasteiger partial charge in [0.1, 0.15) is 13.3 Å². The summed E-state index contributed by atoms with van der Waals surface area (Å²) in [6.45, 7) is 5.51. The maximum atomic E-state index is 12.4. The first-order valence-electron chi connectivity index (χ1n) is 14.8. The predicted octanol–water partition coefficient (Wildman–Crippen LogP) is 6.66. The highest BCUT2D eigenvalue weighted by Gasteiger charge is 2.14. The number of hydrogen-bond acceptors (Lipinski definition) is 8. The van der Waals surface area contributed by atoms with E-state index in [0.29, 0.717) is 13.0 Å². The van der Waals surface area contributed by atoms with E-state index in [2.05, 4.69) is 20.4 Å². The van der Waals surface area contributed by atoms with E-state index in [4.69, 9.17) is 5.73 Å². The van der Waals surface area contributed by atoms with Crippen molar-refractivity contribution in [2.24, 2.45) is 0 Å². The van der Waals surface area contributed by atoms with Crippen LogP contribution in [-0.4, -0.2) is 53.0 Å². The number of nitrogens with one attached hydrogen (secondary N) is 1. The largest absolute Gasteiger partial charge is 0.399 e. The van der Waals surface area contributed by atoms with Gasteiger partial charge in [0.2, 0.25) is 0 Å². The second kappa shape index (κ2) is 15.0. The summed E-state index contributed by atoms with van der Waals surface area (Å²) in [7, 11) is 0. The molecule has 0 spiro atoms. The van der Waals surface area contributed by atoms with E-state index < -0.39 is 23.2 Å². The first kappa shape index (κ1) is 33.4. The smallest absolute Gasteiger partial charge is 0.270 e. The molecule has 3 aromatic heterocycles. The molecule has 0 bridgehead atoms. The molecular weight excluding hydrogens is 600 g/mol. The van der Waals surface area contributed by atoms with Crippen LogP contribution in [0.25, 0.3) is 32.7 Å². The van der Waals surface area contributed by atoms with Gasteiger partial charge in [0.25, 0.3) is 11.4 Å². The van der Waals surface area contributed by atoms with Crippen LogP contribution in [0.4, 0.5) is 25.8 Å². The fourth-order valence-corrected chi connectivity index (χ4v) is 5.07. The van der Waals surface area contributed by atoms with Crippen LogP contribution in [-0.2, 0) is 32.4 Å². The Morgan fingerprint density at radius 2 is 1.24 bits per heavy atom. The summed E-state index contributed by atoms with van der Waals surface area (Å²) in [6.07, 6.45) is 2.29. The van der Waals surface area contributed by atoms with Crippen LogP contribution in [0.15, 0.2) is 54.6 Å². The molecule has 6 rings (SSSR count). The third-order valence-corrected chi connectivity index (χ3v) is 7.32. The number of H-pyrrole nitrogens is 1. The van der Waals surface area contributed by atoms with Gasteiger partial charge in [0.05, 0.1) is 50.9 Å². The molecule has 0 atom stereocenters. The van der Waals surface area contributed by atoms with Gasteiger partial charge >= 0.3 is 0 Å². The molecule has 3 heterocycles. The summed E-state index contributed by atoms with van der Waals surface area (Å²) in [5.74, 6) is 0. The van der Waals surface area contributed by atoms with Gasteiger partial charge in [-0.2, -0.15) is 15.3 Å². The number of nitrogens with zero attached hydrogens (tertiary/aromatic N) is 7. The maximum Gasteiger partial charge on any atom is 0.270 e. The Morgan fingerprint density at radius 3 is 1.74 bits per heavy atom. The summed E-state index contributed by atoms with van der Waals surface area (Å²) in [5, 5.41) is 39.3. The molecule has 0 unspecified atom stereocenters. The first-order chi connectivity index (χ1) is 22.1. The highest BCUT2D eigenvalue weighted by Crippen LogP contribution is 2.25. The Hall–Kier alpha value is -5.47. The minimum atomic E-state index is -0.503. The lowest BCUT2D eigenvalue weighted by molar-refractivity contribution is -0.384. The molecule has 0 saturated carbocycles. The van der Waals surface area contributed by atoms with E-state index in [1.165, 1.54) is 18.2 Å². The highest BCUT2D eigenvalue weighted by molar-refractivity contribution is 5.86. The van der Waals surface area contributed by atoms with E-state index in [1.54, 1.807) is 27.6 Å². The van der Waals surface area contributed by atoms with Crippen molar-refractivity contribution in [1.29, 1.82) is 0 Å². The maximum absolute atomic E-state index is 12.4. The second-order valence-corrected chi connectivity index (χ2v) is 10.2. The number of nitrogens with two attached hydrogens (primary N) is 1. The monoisotopic (exact) mass is 635 g/mol. The number of aromatic nitrogens is 6. The zero-order chi connectivity index (χ0) is 33.4. The number of benzene rings is 3. The molecule has 46 heavy (non-hydrogen) atoms. The number of rotatable bonds is 9. The molecule has 0 radical (unpaired) electrons. The van der Waals surface area contributed by atoms with Crippen molar-refractivity contribution in [2.75, 3.05) is 19.1 Å². The molecule has 13 nitrogen and oxygen atoms in total. The zero-order valence-corrected chi connectivity index (χ0v) is 25.7. The number of nitro benzene ring substituents is 2. The molecule has 0 fully saturated rings. The summed E-state index contributed by atoms with van der Waals surface area (Å²) in [4.78, 5) is 20.4. The third-order valence-electron chi connectivity index (χ3n) is 7.32. The number of aryl methyl sites for hydroxylation is 5. The number of nitrogen functional groups attached to an aromatic ring is 1. The van der Waals surface area contributed by atoms with Gasteiger partial charge in [0, 0.05) is 51.8 Å². The third kappa shape index (κ3) is 7.25. The van der Waals surface area contributed by atoms with Crippen molar-refractivity contribution in [2.45, 2.75) is 53.1 Å². The van der Waals surface area contributed by atoms with E-state index in [0.717, 1.165) is 68.3 Å². The van der Waals surface area contributed by atoms with Gasteiger partial charge in [0.15, 0.2) is 0 Å². The lowest BCUT2D eigenvalue weighted by Gasteiger charge is -1.99. The van der Waals surface area contributed by atoms with Gasteiger partial charge < -0.3 is 5.73 Å². The minimum absolute atomic E-state index is 0.0343. The normalized spacial score (nSPS) is 10.9. The minimum Gasteiger partial charge on any atom is -0.399 e. The SMILES string of the molecule is CCc1[nH]nc2ccc([N+](=O)[O-])cc12.CCc1nn(CCF)c2ccc(N)cc12.CCc1nn(CCF)c2ccc([N+](=O)[O-])cc12. The average molecular weight is 636 g/mol. The van der Waals surface area contributed by atoms with E-state index in [9.17, 15) is 29.0 Å². The number of nitro groups is 2. The number of aromatic amines is 1. The van der Waals surface area contributed by atoms with E-state index >= 15 is 0 Å². The van der Waals surface area contributed by atoms with Crippen LogP contribution >= 0.6 is 0 Å². The van der Waals surface area contributed by atoms with Crippen molar-refractivity contribution in [3.63, 3.8) is 0 Å². The molecule has 0 saturated heterocycles. The average Bonchev–Trinajstić information content (AvgIpc) is 3.74. The number of fused-ring (bicyclic) bond motifs is 3. The van der Waals surface area contributed by atoms with Crippen LogP contribution in [0.5, 0.6) is 0 Å². The van der Waals surface area contributed by atoms with Crippen molar-refractivity contribution in [3.05, 3.63) is 91.9 Å². The fourth-order valence-electron chi connectivity index (χ4n) is 5.07. The topological polar surface area (TPSA) is 177 Å². The van der Waals surface area contributed by atoms with Crippen molar-refractivity contribution >= 4 is 49.8 Å². The summed E-state index contributed by atoms with van der Waals surface area (Å²) in [5.41, 5.74) is 11.7. The lowest BCUT2D eigenvalue weighted by atomic mass is 10.1. The van der Waals surface area contributed by atoms with Gasteiger partial charge in [-0.3, -0.25) is 34.7 Å². The summed E-state index contributed by atoms with van der Waals surface area (Å²) < 4.78 is 27.9. The Balaban J connectivity index is 0.000000157. The van der Waals surface area contributed by atoms with Crippen LogP contribution in [0.3, 0.4) is 0 Å².